The van der Waals surface area contributed by atoms with E-state index in [4.69, 9.17) is 5.73 Å². The summed E-state index contributed by atoms with van der Waals surface area (Å²) in [4.78, 5) is 5.16. The van der Waals surface area contributed by atoms with Gasteiger partial charge in [0.15, 0.2) is 0 Å². The highest BCUT2D eigenvalue weighted by Crippen LogP contribution is 2.30. The van der Waals surface area contributed by atoms with Gasteiger partial charge in [-0.05, 0) is 42.8 Å². The Labute approximate surface area is 97.7 Å². The van der Waals surface area contributed by atoms with Crippen molar-refractivity contribution in [2.45, 2.75) is 16.8 Å². The third-order valence-electron chi connectivity index (χ3n) is 2.04. The smallest absolute Gasteiger partial charge is 0.124 e. The third kappa shape index (κ3) is 2.52. The molecular weight excluding hydrogens is 223 g/mol. The van der Waals surface area contributed by atoms with Crippen LogP contribution in [0.5, 0.6) is 0 Å². The van der Waals surface area contributed by atoms with Gasteiger partial charge in [0.2, 0.25) is 0 Å². The minimum atomic E-state index is -0.241. The molecule has 0 aliphatic carbocycles. The number of nitrogens with zero attached hydrogens (tertiary/aromatic N) is 1. The quantitative estimate of drug-likeness (QED) is 0.866. The number of rotatable bonds is 2. The van der Waals surface area contributed by atoms with Gasteiger partial charge in [-0.25, -0.2) is 9.37 Å². The van der Waals surface area contributed by atoms with Crippen molar-refractivity contribution in [3.63, 3.8) is 0 Å². The lowest BCUT2D eigenvalue weighted by Gasteiger charge is -2.04. The van der Waals surface area contributed by atoms with E-state index in [1.165, 1.54) is 23.9 Å². The average molecular weight is 234 g/mol. The van der Waals surface area contributed by atoms with Gasteiger partial charge in [-0.2, -0.15) is 0 Å². The van der Waals surface area contributed by atoms with Crippen molar-refractivity contribution in [1.82, 2.24) is 4.98 Å². The summed E-state index contributed by atoms with van der Waals surface area (Å²) in [6, 6.07) is 8.14. The molecule has 1 aromatic heterocycles. The van der Waals surface area contributed by atoms with Crippen molar-refractivity contribution >= 4 is 17.4 Å². The van der Waals surface area contributed by atoms with E-state index in [2.05, 4.69) is 4.98 Å². The molecule has 2 nitrogen and oxygen atoms in total. The predicted molar refractivity (Wildman–Crippen MR) is 63.9 cm³/mol. The molecule has 2 aromatic rings. The normalized spacial score (nSPS) is 10.4. The molecule has 1 heterocycles. The number of pyridine rings is 1. The second-order valence-corrected chi connectivity index (χ2v) is 4.53. The van der Waals surface area contributed by atoms with Crippen molar-refractivity contribution in [3.8, 4) is 0 Å². The zero-order valence-corrected chi connectivity index (χ0v) is 9.59. The fourth-order valence-corrected chi connectivity index (χ4v) is 2.06. The first-order chi connectivity index (χ1) is 7.65. The van der Waals surface area contributed by atoms with Crippen LogP contribution in [-0.4, -0.2) is 4.98 Å². The SMILES string of the molecule is Cc1cnc(Sc2ccc(F)cc2)c(N)c1. The summed E-state index contributed by atoms with van der Waals surface area (Å²) in [5.41, 5.74) is 7.52. The summed E-state index contributed by atoms with van der Waals surface area (Å²) in [5.74, 6) is -0.241. The van der Waals surface area contributed by atoms with E-state index in [-0.39, 0.29) is 5.82 Å². The lowest BCUT2D eigenvalue weighted by molar-refractivity contribution is 0.626. The molecule has 0 amide bonds. The van der Waals surface area contributed by atoms with Gasteiger partial charge in [0, 0.05) is 11.1 Å². The minimum Gasteiger partial charge on any atom is -0.397 e. The van der Waals surface area contributed by atoms with Crippen molar-refractivity contribution in [2.24, 2.45) is 0 Å². The van der Waals surface area contributed by atoms with Crippen LogP contribution in [0, 0.1) is 12.7 Å². The second-order valence-electron chi connectivity index (χ2n) is 3.46. The molecule has 0 saturated heterocycles. The van der Waals surface area contributed by atoms with Crippen molar-refractivity contribution in [3.05, 3.63) is 47.9 Å². The Kier molecular flexibility index (Phi) is 3.10. The maximum atomic E-state index is 12.7. The first-order valence-corrected chi connectivity index (χ1v) is 5.62. The molecule has 2 N–H and O–H groups in total. The van der Waals surface area contributed by atoms with Crippen molar-refractivity contribution in [1.29, 1.82) is 0 Å². The molecule has 0 saturated carbocycles. The topological polar surface area (TPSA) is 38.9 Å². The maximum absolute atomic E-state index is 12.7. The zero-order chi connectivity index (χ0) is 11.5. The van der Waals surface area contributed by atoms with Crippen molar-refractivity contribution < 1.29 is 4.39 Å². The highest BCUT2D eigenvalue weighted by molar-refractivity contribution is 7.99. The first kappa shape index (κ1) is 11.0. The number of benzene rings is 1. The van der Waals surface area contributed by atoms with E-state index >= 15 is 0 Å². The highest BCUT2D eigenvalue weighted by Gasteiger charge is 2.03. The molecule has 0 spiro atoms. The minimum absolute atomic E-state index is 0.241. The number of nitrogen functional groups attached to an aromatic ring is 1. The van der Waals surface area contributed by atoms with E-state index in [1.54, 1.807) is 18.3 Å². The predicted octanol–water partition coefficient (Wildman–Crippen LogP) is 3.26. The van der Waals surface area contributed by atoms with Crippen LogP contribution in [0.25, 0.3) is 0 Å². The standard InChI is InChI=1S/C12H11FN2S/c1-8-6-11(14)12(15-7-8)16-10-4-2-9(13)3-5-10/h2-7H,14H2,1H3. The molecule has 0 unspecified atom stereocenters. The molecule has 0 aliphatic heterocycles. The molecular formula is C12H11FN2S. The summed E-state index contributed by atoms with van der Waals surface area (Å²) in [5, 5.41) is 0.747. The number of hydrogen-bond acceptors (Lipinski definition) is 3. The number of aromatic nitrogens is 1. The Balaban J connectivity index is 2.23. The molecule has 0 fully saturated rings. The van der Waals surface area contributed by atoms with Crippen LogP contribution >= 0.6 is 11.8 Å². The molecule has 0 aliphatic rings. The molecule has 16 heavy (non-hydrogen) atoms. The highest BCUT2D eigenvalue weighted by atomic mass is 32.2. The van der Waals surface area contributed by atoms with Gasteiger partial charge in [-0.3, -0.25) is 0 Å². The van der Waals surface area contributed by atoms with E-state index in [0.717, 1.165) is 15.5 Å². The summed E-state index contributed by atoms with van der Waals surface area (Å²) < 4.78 is 12.7. The van der Waals surface area contributed by atoms with Gasteiger partial charge in [-0.1, -0.05) is 11.8 Å². The molecule has 1 aromatic carbocycles. The van der Waals surface area contributed by atoms with Gasteiger partial charge in [0.1, 0.15) is 10.8 Å². The molecule has 4 heteroatoms. The number of halogens is 1. The lowest BCUT2D eigenvalue weighted by atomic mass is 10.3. The van der Waals surface area contributed by atoms with E-state index in [1.807, 2.05) is 13.0 Å². The Morgan fingerprint density at radius 2 is 1.94 bits per heavy atom. The van der Waals surface area contributed by atoms with Crippen LogP contribution in [0.4, 0.5) is 10.1 Å². The largest absolute Gasteiger partial charge is 0.397 e. The second kappa shape index (κ2) is 4.53. The zero-order valence-electron chi connectivity index (χ0n) is 8.77. The lowest BCUT2D eigenvalue weighted by Crippen LogP contribution is -1.92. The van der Waals surface area contributed by atoms with Gasteiger partial charge in [0.25, 0.3) is 0 Å². The summed E-state index contributed by atoms with van der Waals surface area (Å²) >= 11 is 1.43. The fourth-order valence-electron chi connectivity index (χ4n) is 1.28. The average Bonchev–Trinajstić information content (AvgIpc) is 2.25. The van der Waals surface area contributed by atoms with Crippen LogP contribution in [0.3, 0.4) is 0 Å². The van der Waals surface area contributed by atoms with Crippen LogP contribution in [-0.2, 0) is 0 Å². The Hall–Kier alpha value is -1.55. The van der Waals surface area contributed by atoms with Crippen LogP contribution in [0.2, 0.25) is 0 Å². The molecule has 0 bridgehead atoms. The fraction of sp³-hybridized carbons (Fsp3) is 0.0833. The maximum Gasteiger partial charge on any atom is 0.124 e. The van der Waals surface area contributed by atoms with Gasteiger partial charge >= 0.3 is 0 Å². The van der Waals surface area contributed by atoms with Crippen LogP contribution < -0.4 is 5.73 Å². The Bertz CT molecular complexity index is 497. The summed E-state index contributed by atoms with van der Waals surface area (Å²) in [6.07, 6.45) is 1.77. The van der Waals surface area contributed by atoms with Gasteiger partial charge < -0.3 is 5.73 Å². The van der Waals surface area contributed by atoms with E-state index in [0.29, 0.717) is 5.69 Å². The number of nitrogens with two attached hydrogens (primary N) is 1. The summed E-state index contributed by atoms with van der Waals surface area (Å²) in [6.45, 7) is 1.94. The number of hydrogen-bond donors (Lipinski definition) is 1. The Morgan fingerprint density at radius 3 is 2.56 bits per heavy atom. The number of aryl methyl sites for hydroxylation is 1. The van der Waals surface area contributed by atoms with Gasteiger partial charge in [-0.15, -0.1) is 0 Å². The Morgan fingerprint density at radius 1 is 1.25 bits per heavy atom. The monoisotopic (exact) mass is 234 g/mol. The first-order valence-electron chi connectivity index (χ1n) is 4.81. The molecule has 2 rings (SSSR count). The van der Waals surface area contributed by atoms with Gasteiger partial charge in [0.05, 0.1) is 5.69 Å². The van der Waals surface area contributed by atoms with Crippen molar-refractivity contribution in [2.75, 3.05) is 5.73 Å². The number of anilines is 1. The third-order valence-corrected chi connectivity index (χ3v) is 3.09. The molecule has 0 atom stereocenters. The van der Waals surface area contributed by atoms with E-state index in [9.17, 15) is 4.39 Å². The summed E-state index contributed by atoms with van der Waals surface area (Å²) in [7, 11) is 0. The van der Waals surface area contributed by atoms with Crippen LogP contribution in [0.1, 0.15) is 5.56 Å². The molecule has 0 radical (unpaired) electrons. The molecule has 82 valence electrons. The van der Waals surface area contributed by atoms with Crippen LogP contribution in [0.15, 0.2) is 46.5 Å². The van der Waals surface area contributed by atoms with E-state index < -0.39 is 0 Å².